The molecule has 1 fully saturated rings. The highest BCUT2D eigenvalue weighted by atomic mass is 35.5. The molecule has 1 aromatic carbocycles. The number of hydrogen-bond donors (Lipinski definition) is 0. The number of hydrogen-bond acceptors (Lipinski definition) is 7. The Morgan fingerprint density at radius 3 is 2.43 bits per heavy atom. The van der Waals surface area contributed by atoms with Gasteiger partial charge in [-0.2, -0.15) is 0 Å². The fourth-order valence-electron chi connectivity index (χ4n) is 3.59. The van der Waals surface area contributed by atoms with Crippen LogP contribution < -0.4 is 4.90 Å². The van der Waals surface area contributed by atoms with E-state index >= 15 is 0 Å². The van der Waals surface area contributed by atoms with Crippen LogP contribution in [0.4, 0.5) is 5.69 Å². The summed E-state index contributed by atoms with van der Waals surface area (Å²) in [6.45, 7) is 8.61. The third-order valence-electron chi connectivity index (χ3n) is 5.06. The molecule has 1 saturated heterocycles. The van der Waals surface area contributed by atoms with Gasteiger partial charge in [0.05, 0.1) is 23.7 Å². The Labute approximate surface area is 214 Å². The van der Waals surface area contributed by atoms with Gasteiger partial charge in [0, 0.05) is 18.1 Å². The van der Waals surface area contributed by atoms with Crippen LogP contribution in [-0.4, -0.2) is 75.1 Å². The third kappa shape index (κ3) is 6.93. The van der Waals surface area contributed by atoms with Crippen molar-refractivity contribution in [2.75, 3.05) is 24.6 Å². The van der Waals surface area contributed by atoms with Gasteiger partial charge >= 0.3 is 5.97 Å². The van der Waals surface area contributed by atoms with E-state index in [9.17, 15) is 14.4 Å². The summed E-state index contributed by atoms with van der Waals surface area (Å²) in [6.07, 6.45) is 1.63. The first-order chi connectivity index (χ1) is 16.4. The van der Waals surface area contributed by atoms with Gasteiger partial charge in [0.25, 0.3) is 0 Å². The molecule has 2 heterocycles. The van der Waals surface area contributed by atoms with Crippen LogP contribution in [0.2, 0.25) is 10.2 Å². The SMILES string of the molecule is CC(C)OCCC(C(=O)OC(C)(C)C)N1CC(=O)N(c2cc(Cl)ccc2-n2cc(Cl)nn2)CC1=O. The van der Waals surface area contributed by atoms with Crippen LogP contribution in [0.5, 0.6) is 0 Å². The summed E-state index contributed by atoms with van der Waals surface area (Å²) < 4.78 is 12.5. The Kier molecular flexibility index (Phi) is 8.40. The summed E-state index contributed by atoms with van der Waals surface area (Å²) in [4.78, 5) is 42.1. The molecule has 10 nitrogen and oxygen atoms in total. The number of carbonyl (C=O) groups is 3. The van der Waals surface area contributed by atoms with Gasteiger partial charge in [0.1, 0.15) is 24.7 Å². The predicted octanol–water partition coefficient (Wildman–Crippen LogP) is 3.27. The molecule has 1 aromatic heterocycles. The highest BCUT2D eigenvalue weighted by Gasteiger charge is 2.40. The highest BCUT2D eigenvalue weighted by molar-refractivity contribution is 6.31. The van der Waals surface area contributed by atoms with E-state index in [1.165, 1.54) is 20.7 Å². The molecule has 1 aliphatic heterocycles. The zero-order chi connectivity index (χ0) is 25.9. The average molecular weight is 526 g/mol. The number of esters is 1. The maximum absolute atomic E-state index is 13.3. The monoisotopic (exact) mass is 525 g/mol. The summed E-state index contributed by atoms with van der Waals surface area (Å²) in [6, 6.07) is 3.89. The zero-order valence-corrected chi connectivity index (χ0v) is 21.8. The summed E-state index contributed by atoms with van der Waals surface area (Å²) in [5, 5.41) is 8.25. The molecule has 35 heavy (non-hydrogen) atoms. The van der Waals surface area contributed by atoms with E-state index in [0.29, 0.717) is 16.4 Å². The second-order valence-corrected chi connectivity index (χ2v) is 10.2. The van der Waals surface area contributed by atoms with Crippen LogP contribution in [0.15, 0.2) is 24.4 Å². The molecule has 1 unspecified atom stereocenters. The van der Waals surface area contributed by atoms with E-state index in [1.54, 1.807) is 39.0 Å². The first-order valence-corrected chi connectivity index (χ1v) is 11.9. The molecule has 0 spiro atoms. The number of piperazine rings is 1. The number of amides is 2. The third-order valence-corrected chi connectivity index (χ3v) is 5.47. The van der Waals surface area contributed by atoms with Crippen molar-refractivity contribution in [3.8, 4) is 5.69 Å². The molecule has 1 atom stereocenters. The summed E-state index contributed by atoms with van der Waals surface area (Å²) in [5.74, 6) is -1.38. The van der Waals surface area contributed by atoms with Crippen LogP contribution in [0, 0.1) is 0 Å². The second-order valence-electron chi connectivity index (χ2n) is 9.38. The van der Waals surface area contributed by atoms with Crippen LogP contribution in [0.1, 0.15) is 41.0 Å². The summed E-state index contributed by atoms with van der Waals surface area (Å²) in [5.41, 5.74) is 0.0872. The Balaban J connectivity index is 1.87. The van der Waals surface area contributed by atoms with Gasteiger partial charge in [-0.15, -0.1) is 5.10 Å². The topological polar surface area (TPSA) is 107 Å². The largest absolute Gasteiger partial charge is 0.458 e. The molecule has 1 aliphatic rings. The minimum atomic E-state index is -0.959. The molecule has 12 heteroatoms. The lowest BCUT2D eigenvalue weighted by atomic mass is 10.1. The van der Waals surface area contributed by atoms with Crippen molar-refractivity contribution in [1.82, 2.24) is 19.9 Å². The molecule has 2 aromatic rings. The molecule has 0 N–H and O–H groups in total. The number of aromatic nitrogens is 3. The number of benzene rings is 1. The van der Waals surface area contributed by atoms with Crippen molar-refractivity contribution in [2.24, 2.45) is 0 Å². The molecular formula is C23H29Cl2N5O5. The van der Waals surface area contributed by atoms with Crippen molar-refractivity contribution in [2.45, 2.75) is 58.8 Å². The van der Waals surface area contributed by atoms with Crippen LogP contribution >= 0.6 is 23.2 Å². The van der Waals surface area contributed by atoms with Gasteiger partial charge in [-0.1, -0.05) is 28.4 Å². The number of halogens is 2. The van der Waals surface area contributed by atoms with Gasteiger partial charge < -0.3 is 14.4 Å². The number of rotatable bonds is 8. The quantitative estimate of drug-likeness (QED) is 0.486. The molecular weight excluding hydrogens is 497 g/mol. The number of anilines is 1. The maximum Gasteiger partial charge on any atom is 0.329 e. The van der Waals surface area contributed by atoms with Gasteiger partial charge in [0.15, 0.2) is 5.15 Å². The molecule has 2 amide bonds. The molecule has 0 bridgehead atoms. The Morgan fingerprint density at radius 2 is 1.83 bits per heavy atom. The van der Waals surface area contributed by atoms with Gasteiger partial charge in [0.2, 0.25) is 11.8 Å². The molecule has 190 valence electrons. The van der Waals surface area contributed by atoms with Crippen molar-refractivity contribution < 1.29 is 23.9 Å². The lowest BCUT2D eigenvalue weighted by molar-refractivity contribution is -0.166. The van der Waals surface area contributed by atoms with E-state index in [2.05, 4.69) is 10.3 Å². The minimum Gasteiger partial charge on any atom is -0.458 e. The number of ether oxygens (including phenoxy) is 2. The fourth-order valence-corrected chi connectivity index (χ4v) is 3.88. The summed E-state index contributed by atoms with van der Waals surface area (Å²) >= 11 is 12.1. The predicted molar refractivity (Wildman–Crippen MR) is 131 cm³/mol. The molecule has 0 saturated carbocycles. The maximum atomic E-state index is 13.3. The Morgan fingerprint density at radius 1 is 1.11 bits per heavy atom. The molecule has 0 radical (unpaired) electrons. The van der Waals surface area contributed by atoms with Crippen molar-refractivity contribution >= 4 is 46.7 Å². The number of carbonyl (C=O) groups excluding carboxylic acids is 3. The first-order valence-electron chi connectivity index (χ1n) is 11.2. The first kappa shape index (κ1) is 26.9. The zero-order valence-electron chi connectivity index (χ0n) is 20.3. The van der Waals surface area contributed by atoms with Crippen LogP contribution in [0.25, 0.3) is 5.69 Å². The van der Waals surface area contributed by atoms with Gasteiger partial charge in [-0.25, -0.2) is 9.48 Å². The van der Waals surface area contributed by atoms with E-state index in [1.807, 2.05) is 13.8 Å². The van der Waals surface area contributed by atoms with Crippen molar-refractivity contribution in [3.63, 3.8) is 0 Å². The van der Waals surface area contributed by atoms with Crippen molar-refractivity contribution in [1.29, 1.82) is 0 Å². The lowest BCUT2D eigenvalue weighted by Crippen LogP contribution is -2.59. The Hall–Kier alpha value is -2.69. The lowest BCUT2D eigenvalue weighted by Gasteiger charge is -2.38. The van der Waals surface area contributed by atoms with Crippen LogP contribution in [0.3, 0.4) is 0 Å². The van der Waals surface area contributed by atoms with Crippen LogP contribution in [-0.2, 0) is 23.9 Å². The standard InChI is InChI=1S/C23H29Cl2N5O5/c1-14(2)34-9-8-17(22(33)35-23(3,4)5)28-12-21(32)29(13-20(28)31)18-10-15(24)6-7-16(18)30-11-19(25)26-27-30/h6-7,10-11,14,17H,8-9,12-13H2,1-5H3. The molecule has 3 rings (SSSR count). The smallest absolute Gasteiger partial charge is 0.329 e. The summed E-state index contributed by atoms with van der Waals surface area (Å²) in [7, 11) is 0. The van der Waals surface area contributed by atoms with E-state index in [0.717, 1.165) is 0 Å². The second kappa shape index (κ2) is 10.9. The van der Waals surface area contributed by atoms with Gasteiger partial charge in [-0.05, 0) is 52.8 Å². The highest BCUT2D eigenvalue weighted by Crippen LogP contribution is 2.30. The normalized spacial score (nSPS) is 15.7. The van der Waals surface area contributed by atoms with Crippen molar-refractivity contribution in [3.05, 3.63) is 34.6 Å². The van der Waals surface area contributed by atoms with E-state index in [-0.39, 0.29) is 37.4 Å². The van der Waals surface area contributed by atoms with E-state index < -0.39 is 29.4 Å². The average Bonchev–Trinajstić information content (AvgIpc) is 3.17. The fraction of sp³-hybridized carbons (Fsp3) is 0.522. The van der Waals surface area contributed by atoms with Gasteiger partial charge in [-0.3, -0.25) is 14.5 Å². The number of nitrogens with zero attached hydrogens (tertiary/aromatic N) is 5. The molecule has 0 aliphatic carbocycles. The Bertz CT molecular complexity index is 1100. The van der Waals surface area contributed by atoms with E-state index in [4.69, 9.17) is 32.7 Å². The minimum absolute atomic E-state index is 0.0463.